The average molecular weight is 546 g/mol. The first kappa shape index (κ1) is 22.6. The molecule has 0 saturated heterocycles. The molecule has 156 valence electrons. The molecule has 0 amide bonds. The molecule has 0 fully saturated rings. The number of hydrogen-bond donors (Lipinski definition) is 1. The van der Waals surface area contributed by atoms with Gasteiger partial charge in [-0.15, -0.1) is 0 Å². The molecule has 0 aliphatic rings. The van der Waals surface area contributed by atoms with Crippen molar-refractivity contribution in [2.24, 2.45) is 0 Å². The fraction of sp³-hybridized carbons (Fsp3) is 0.0435. The molecular weight excluding hydrogens is 531 g/mol. The molecule has 0 saturated carbocycles. The number of pyridine rings is 1. The van der Waals surface area contributed by atoms with Crippen molar-refractivity contribution >= 4 is 45.2 Å². The SMILES string of the molecule is O=C(O)Cc1c(-c2ccc(I)cc2)nc2ccc([N+](=O)[O-])cc2c1-c1ccccc1.[Cl-]. The summed E-state index contributed by atoms with van der Waals surface area (Å²) in [5.41, 5.74) is 3.83. The van der Waals surface area contributed by atoms with Gasteiger partial charge in [-0.05, 0) is 57.5 Å². The van der Waals surface area contributed by atoms with Gasteiger partial charge in [-0.2, -0.15) is 0 Å². The van der Waals surface area contributed by atoms with Gasteiger partial charge in [-0.3, -0.25) is 14.9 Å². The molecule has 31 heavy (non-hydrogen) atoms. The number of hydrogen-bond acceptors (Lipinski definition) is 4. The Kier molecular flexibility index (Phi) is 6.87. The van der Waals surface area contributed by atoms with Gasteiger partial charge in [0.05, 0.1) is 22.6 Å². The summed E-state index contributed by atoms with van der Waals surface area (Å²) < 4.78 is 1.05. The van der Waals surface area contributed by atoms with E-state index in [9.17, 15) is 20.0 Å². The number of nitro benzene ring substituents is 1. The minimum atomic E-state index is -0.995. The van der Waals surface area contributed by atoms with Crippen LogP contribution in [0, 0.1) is 13.7 Å². The second-order valence-electron chi connectivity index (χ2n) is 6.72. The minimum Gasteiger partial charge on any atom is -1.00 e. The van der Waals surface area contributed by atoms with E-state index in [0.29, 0.717) is 27.7 Å². The molecule has 0 unspecified atom stereocenters. The molecule has 4 aromatic rings. The number of rotatable bonds is 5. The summed E-state index contributed by atoms with van der Waals surface area (Å²) in [7, 11) is 0. The molecule has 0 radical (unpaired) electrons. The Bertz CT molecular complexity index is 1280. The molecule has 8 heteroatoms. The van der Waals surface area contributed by atoms with E-state index in [-0.39, 0.29) is 24.5 Å². The quantitative estimate of drug-likeness (QED) is 0.237. The molecule has 6 nitrogen and oxygen atoms in total. The smallest absolute Gasteiger partial charge is 0.307 e. The second-order valence-corrected chi connectivity index (χ2v) is 7.96. The Morgan fingerprint density at radius 1 is 1.00 bits per heavy atom. The fourth-order valence-electron chi connectivity index (χ4n) is 3.51. The number of halogens is 2. The maximum atomic E-state index is 11.8. The second kappa shape index (κ2) is 9.40. The van der Waals surface area contributed by atoms with Crippen molar-refractivity contribution in [3.8, 4) is 22.4 Å². The van der Waals surface area contributed by atoms with Gasteiger partial charge in [0.15, 0.2) is 0 Å². The molecule has 1 N–H and O–H groups in total. The van der Waals surface area contributed by atoms with Crippen LogP contribution in [0.15, 0.2) is 72.8 Å². The molecular formula is C23H15ClIN2O4-. The Hall–Kier alpha value is -3.04. The highest BCUT2D eigenvalue weighted by atomic mass is 127. The lowest BCUT2D eigenvalue weighted by molar-refractivity contribution is -0.384. The maximum Gasteiger partial charge on any atom is 0.307 e. The third kappa shape index (κ3) is 4.67. The normalized spacial score (nSPS) is 10.5. The highest BCUT2D eigenvalue weighted by molar-refractivity contribution is 14.1. The number of carbonyl (C=O) groups is 1. The first-order valence-corrected chi connectivity index (χ1v) is 10.2. The largest absolute Gasteiger partial charge is 1.00 e. The number of aromatic nitrogens is 1. The van der Waals surface area contributed by atoms with Crippen molar-refractivity contribution in [2.45, 2.75) is 6.42 Å². The summed E-state index contributed by atoms with van der Waals surface area (Å²) in [4.78, 5) is 27.4. The summed E-state index contributed by atoms with van der Waals surface area (Å²) in [6.45, 7) is 0. The summed E-state index contributed by atoms with van der Waals surface area (Å²) >= 11 is 2.21. The zero-order chi connectivity index (χ0) is 21.3. The summed E-state index contributed by atoms with van der Waals surface area (Å²) in [5.74, 6) is -0.995. The average Bonchev–Trinajstić information content (AvgIpc) is 2.73. The minimum absolute atomic E-state index is 0. The summed E-state index contributed by atoms with van der Waals surface area (Å²) in [5, 5.41) is 21.6. The number of aliphatic carboxylic acids is 1. The van der Waals surface area contributed by atoms with Crippen LogP contribution < -0.4 is 12.4 Å². The van der Waals surface area contributed by atoms with Crippen molar-refractivity contribution < 1.29 is 27.2 Å². The van der Waals surface area contributed by atoms with Gasteiger partial charge in [-0.25, -0.2) is 4.98 Å². The summed E-state index contributed by atoms with van der Waals surface area (Å²) in [6.07, 6.45) is -0.253. The Labute approximate surface area is 197 Å². The molecule has 3 aromatic carbocycles. The molecule has 1 heterocycles. The van der Waals surface area contributed by atoms with Crippen LogP contribution in [0.2, 0.25) is 0 Å². The van der Waals surface area contributed by atoms with Crippen LogP contribution in [0.1, 0.15) is 5.56 Å². The standard InChI is InChI=1S/C23H15IN2O4.ClH/c24-16-8-6-15(7-9-16)23-19(13-21(27)28)22(14-4-2-1-3-5-14)18-12-17(26(29)30)10-11-20(18)25-23;/h1-12H,13H2,(H,27,28);1H/p-1. The van der Waals surface area contributed by atoms with E-state index in [0.717, 1.165) is 14.7 Å². The fourth-order valence-corrected chi connectivity index (χ4v) is 3.87. The summed E-state index contributed by atoms with van der Waals surface area (Å²) in [6, 6.07) is 21.5. The van der Waals surface area contributed by atoms with Crippen molar-refractivity contribution in [3.05, 3.63) is 92.0 Å². The maximum absolute atomic E-state index is 11.8. The lowest BCUT2D eigenvalue weighted by Crippen LogP contribution is -3.00. The third-order valence-corrected chi connectivity index (χ3v) is 5.51. The molecule has 1 aromatic heterocycles. The van der Waals surface area contributed by atoms with Crippen LogP contribution in [0.5, 0.6) is 0 Å². The van der Waals surface area contributed by atoms with Gasteiger partial charge in [0.2, 0.25) is 0 Å². The highest BCUT2D eigenvalue weighted by Gasteiger charge is 2.21. The monoisotopic (exact) mass is 545 g/mol. The van der Waals surface area contributed by atoms with Crippen LogP contribution in [0.3, 0.4) is 0 Å². The number of carboxylic acid groups (broad SMARTS) is 1. The molecule has 0 aliphatic heterocycles. The number of fused-ring (bicyclic) bond motifs is 1. The van der Waals surface area contributed by atoms with Crippen molar-refractivity contribution in [3.63, 3.8) is 0 Å². The van der Waals surface area contributed by atoms with E-state index in [1.165, 1.54) is 12.1 Å². The van der Waals surface area contributed by atoms with Crippen LogP contribution in [-0.4, -0.2) is 21.0 Å². The van der Waals surface area contributed by atoms with Gasteiger partial charge in [0.1, 0.15) is 0 Å². The molecule has 0 spiro atoms. The van der Waals surface area contributed by atoms with E-state index in [1.54, 1.807) is 6.07 Å². The zero-order valence-corrected chi connectivity index (χ0v) is 18.9. The Morgan fingerprint density at radius 2 is 1.68 bits per heavy atom. The Balaban J connectivity index is 0.00000272. The molecule has 0 bridgehead atoms. The van der Waals surface area contributed by atoms with Gasteiger partial charge in [0, 0.05) is 26.7 Å². The van der Waals surface area contributed by atoms with Gasteiger partial charge in [-0.1, -0.05) is 42.5 Å². The van der Waals surface area contributed by atoms with E-state index in [2.05, 4.69) is 22.6 Å². The number of carboxylic acids is 1. The van der Waals surface area contributed by atoms with Crippen LogP contribution >= 0.6 is 22.6 Å². The van der Waals surface area contributed by atoms with Gasteiger partial charge < -0.3 is 17.5 Å². The van der Waals surface area contributed by atoms with Crippen molar-refractivity contribution in [1.29, 1.82) is 0 Å². The lowest BCUT2D eigenvalue weighted by Gasteiger charge is -2.17. The van der Waals surface area contributed by atoms with Gasteiger partial charge >= 0.3 is 5.97 Å². The molecule has 0 aliphatic carbocycles. The first-order chi connectivity index (χ1) is 14.4. The van der Waals surface area contributed by atoms with E-state index in [4.69, 9.17) is 4.98 Å². The van der Waals surface area contributed by atoms with Crippen LogP contribution in [0.25, 0.3) is 33.3 Å². The zero-order valence-electron chi connectivity index (χ0n) is 16.0. The Morgan fingerprint density at radius 3 is 2.29 bits per heavy atom. The van der Waals surface area contributed by atoms with E-state index in [1.807, 2.05) is 54.6 Å². The number of nitrogens with zero attached hydrogens (tertiary/aromatic N) is 2. The topological polar surface area (TPSA) is 93.3 Å². The van der Waals surface area contributed by atoms with E-state index >= 15 is 0 Å². The predicted octanol–water partition coefficient (Wildman–Crippen LogP) is 2.71. The van der Waals surface area contributed by atoms with E-state index < -0.39 is 10.9 Å². The van der Waals surface area contributed by atoms with Gasteiger partial charge in [0.25, 0.3) is 5.69 Å². The number of benzene rings is 3. The van der Waals surface area contributed by atoms with Crippen molar-refractivity contribution in [2.75, 3.05) is 0 Å². The molecule has 4 rings (SSSR count). The highest BCUT2D eigenvalue weighted by Crippen LogP contribution is 2.38. The number of non-ortho nitro benzene ring substituents is 1. The predicted molar refractivity (Wildman–Crippen MR) is 123 cm³/mol. The first-order valence-electron chi connectivity index (χ1n) is 9.08. The molecule has 0 atom stereocenters. The van der Waals surface area contributed by atoms with Crippen LogP contribution in [0.4, 0.5) is 5.69 Å². The van der Waals surface area contributed by atoms with Crippen LogP contribution in [-0.2, 0) is 11.2 Å². The lowest BCUT2D eigenvalue weighted by atomic mass is 9.90. The third-order valence-electron chi connectivity index (χ3n) is 4.79. The number of nitro groups is 1. The van der Waals surface area contributed by atoms with Crippen molar-refractivity contribution in [1.82, 2.24) is 4.98 Å².